The van der Waals surface area contributed by atoms with Gasteiger partial charge in [-0.05, 0) is 32.3 Å². The first kappa shape index (κ1) is 17.3. The molecule has 0 bridgehead atoms. The molecule has 6 nitrogen and oxygen atoms in total. The second-order valence-electron chi connectivity index (χ2n) is 5.79. The molecule has 2 heterocycles. The van der Waals surface area contributed by atoms with Crippen molar-refractivity contribution in [2.75, 3.05) is 38.2 Å². The van der Waals surface area contributed by atoms with E-state index in [2.05, 4.69) is 10.1 Å². The standard InChI is InChI=1S/C15H26N4O2S/c1-11-13(12(2)21-17-11)10-18-5-7-19(8-6-18)15(20)14(16)4-9-22-3/h14H,4-10,16H2,1-3H3/t14-/m0/s1. The summed E-state index contributed by atoms with van der Waals surface area (Å²) in [5.74, 6) is 1.90. The Balaban J connectivity index is 1.81. The highest BCUT2D eigenvalue weighted by Crippen LogP contribution is 2.16. The zero-order valence-electron chi connectivity index (χ0n) is 13.7. The van der Waals surface area contributed by atoms with E-state index in [0.29, 0.717) is 0 Å². The van der Waals surface area contributed by atoms with Gasteiger partial charge in [0.25, 0.3) is 0 Å². The molecule has 0 radical (unpaired) electrons. The number of aryl methyl sites for hydroxylation is 2. The monoisotopic (exact) mass is 326 g/mol. The fourth-order valence-electron chi connectivity index (χ4n) is 2.68. The number of aromatic nitrogens is 1. The summed E-state index contributed by atoms with van der Waals surface area (Å²) >= 11 is 1.73. The summed E-state index contributed by atoms with van der Waals surface area (Å²) in [5.41, 5.74) is 8.10. The van der Waals surface area contributed by atoms with Crippen LogP contribution in [0.3, 0.4) is 0 Å². The largest absolute Gasteiger partial charge is 0.361 e. The number of piperazine rings is 1. The second-order valence-corrected chi connectivity index (χ2v) is 6.78. The van der Waals surface area contributed by atoms with Gasteiger partial charge >= 0.3 is 0 Å². The molecule has 1 aliphatic heterocycles. The molecule has 0 aliphatic carbocycles. The van der Waals surface area contributed by atoms with Crippen molar-refractivity contribution < 1.29 is 9.32 Å². The number of nitrogens with zero attached hydrogens (tertiary/aromatic N) is 3. The van der Waals surface area contributed by atoms with E-state index in [1.807, 2.05) is 25.0 Å². The van der Waals surface area contributed by atoms with Crippen molar-refractivity contribution in [3.05, 3.63) is 17.0 Å². The van der Waals surface area contributed by atoms with Gasteiger partial charge in [-0.3, -0.25) is 9.69 Å². The van der Waals surface area contributed by atoms with Gasteiger partial charge in [-0.2, -0.15) is 11.8 Å². The Morgan fingerprint density at radius 2 is 2.05 bits per heavy atom. The van der Waals surface area contributed by atoms with E-state index in [9.17, 15) is 4.79 Å². The Morgan fingerprint density at radius 3 is 2.59 bits per heavy atom. The summed E-state index contributed by atoms with van der Waals surface area (Å²) in [6, 6.07) is -0.360. The van der Waals surface area contributed by atoms with E-state index < -0.39 is 0 Å². The molecule has 2 rings (SSSR count). The van der Waals surface area contributed by atoms with Crippen LogP contribution in [0.15, 0.2) is 4.52 Å². The Morgan fingerprint density at radius 1 is 1.36 bits per heavy atom. The number of rotatable bonds is 6. The highest BCUT2D eigenvalue weighted by molar-refractivity contribution is 7.98. The minimum atomic E-state index is -0.360. The zero-order chi connectivity index (χ0) is 16.1. The number of hydrogen-bond donors (Lipinski definition) is 1. The molecule has 1 aromatic rings. The van der Waals surface area contributed by atoms with Crippen molar-refractivity contribution in [1.29, 1.82) is 0 Å². The first-order chi connectivity index (χ1) is 10.5. The number of hydrogen-bond acceptors (Lipinski definition) is 6. The topological polar surface area (TPSA) is 75.6 Å². The maximum Gasteiger partial charge on any atom is 0.239 e. The van der Waals surface area contributed by atoms with E-state index in [1.165, 1.54) is 0 Å². The van der Waals surface area contributed by atoms with E-state index in [-0.39, 0.29) is 11.9 Å². The van der Waals surface area contributed by atoms with Gasteiger partial charge in [0.2, 0.25) is 5.91 Å². The number of carbonyl (C=O) groups is 1. The molecule has 124 valence electrons. The highest BCUT2D eigenvalue weighted by atomic mass is 32.2. The minimum absolute atomic E-state index is 0.0889. The van der Waals surface area contributed by atoms with Crippen LogP contribution in [0.5, 0.6) is 0 Å². The Hall–Kier alpha value is -1.05. The van der Waals surface area contributed by atoms with Crippen molar-refractivity contribution in [1.82, 2.24) is 15.0 Å². The Kier molecular flexibility index (Phi) is 6.28. The molecule has 0 spiro atoms. The molecule has 0 saturated carbocycles. The van der Waals surface area contributed by atoms with Crippen LogP contribution in [-0.4, -0.2) is 65.1 Å². The van der Waals surface area contributed by atoms with Gasteiger partial charge in [0.15, 0.2) is 0 Å². The fourth-order valence-corrected chi connectivity index (χ4v) is 3.17. The summed E-state index contributed by atoms with van der Waals surface area (Å²) in [4.78, 5) is 16.5. The molecule has 7 heteroatoms. The molecule has 1 aliphatic rings. The number of nitrogens with two attached hydrogens (primary N) is 1. The van der Waals surface area contributed by atoms with Crippen molar-refractivity contribution in [2.24, 2.45) is 5.73 Å². The maximum absolute atomic E-state index is 12.3. The average Bonchev–Trinajstić information content (AvgIpc) is 2.84. The number of thioether (sulfide) groups is 1. The molecular formula is C15H26N4O2S. The molecule has 1 aromatic heterocycles. The highest BCUT2D eigenvalue weighted by Gasteiger charge is 2.25. The first-order valence-corrected chi connectivity index (χ1v) is 9.09. The van der Waals surface area contributed by atoms with Crippen LogP contribution in [0.1, 0.15) is 23.4 Å². The van der Waals surface area contributed by atoms with Crippen LogP contribution in [0.4, 0.5) is 0 Å². The summed E-state index contributed by atoms with van der Waals surface area (Å²) < 4.78 is 5.21. The van der Waals surface area contributed by atoms with Crippen LogP contribution < -0.4 is 5.73 Å². The van der Waals surface area contributed by atoms with Gasteiger partial charge in [0, 0.05) is 38.3 Å². The predicted octanol–water partition coefficient (Wildman–Crippen LogP) is 1.02. The van der Waals surface area contributed by atoms with Crippen LogP contribution in [0.2, 0.25) is 0 Å². The summed E-state index contributed by atoms with van der Waals surface area (Å²) in [6.07, 6.45) is 2.78. The zero-order valence-corrected chi connectivity index (χ0v) is 14.5. The predicted molar refractivity (Wildman–Crippen MR) is 88.8 cm³/mol. The number of carbonyl (C=O) groups excluding carboxylic acids is 1. The minimum Gasteiger partial charge on any atom is -0.361 e. The third-order valence-electron chi connectivity index (χ3n) is 4.20. The first-order valence-electron chi connectivity index (χ1n) is 7.70. The number of amides is 1. The Bertz CT molecular complexity index is 478. The van der Waals surface area contributed by atoms with Gasteiger partial charge in [-0.15, -0.1) is 0 Å². The van der Waals surface area contributed by atoms with Crippen molar-refractivity contribution in [3.8, 4) is 0 Å². The molecule has 1 amide bonds. The van der Waals surface area contributed by atoms with Gasteiger partial charge < -0.3 is 15.2 Å². The second kappa shape index (κ2) is 7.99. The molecule has 1 atom stereocenters. The van der Waals surface area contributed by atoms with Gasteiger partial charge in [0.05, 0.1) is 11.7 Å². The van der Waals surface area contributed by atoms with E-state index in [0.717, 1.165) is 61.9 Å². The van der Waals surface area contributed by atoms with Gasteiger partial charge in [-0.25, -0.2) is 0 Å². The van der Waals surface area contributed by atoms with Crippen molar-refractivity contribution in [3.63, 3.8) is 0 Å². The summed E-state index contributed by atoms with van der Waals surface area (Å²) in [7, 11) is 0. The molecule has 22 heavy (non-hydrogen) atoms. The maximum atomic E-state index is 12.3. The molecule has 2 N–H and O–H groups in total. The fraction of sp³-hybridized carbons (Fsp3) is 0.733. The van der Waals surface area contributed by atoms with E-state index in [1.54, 1.807) is 11.8 Å². The summed E-state index contributed by atoms with van der Waals surface area (Å²) in [6.45, 7) is 7.97. The lowest BCUT2D eigenvalue weighted by molar-refractivity contribution is -0.134. The quantitative estimate of drug-likeness (QED) is 0.841. The van der Waals surface area contributed by atoms with E-state index >= 15 is 0 Å². The third-order valence-corrected chi connectivity index (χ3v) is 4.84. The van der Waals surface area contributed by atoms with Crippen LogP contribution in [0, 0.1) is 13.8 Å². The normalized spacial score (nSPS) is 17.7. The van der Waals surface area contributed by atoms with Crippen LogP contribution >= 0.6 is 11.8 Å². The van der Waals surface area contributed by atoms with Gasteiger partial charge in [0.1, 0.15) is 5.76 Å². The lowest BCUT2D eigenvalue weighted by Crippen LogP contribution is -2.53. The molecule has 0 unspecified atom stereocenters. The van der Waals surface area contributed by atoms with Crippen LogP contribution in [0.25, 0.3) is 0 Å². The smallest absolute Gasteiger partial charge is 0.239 e. The molecular weight excluding hydrogens is 300 g/mol. The SMILES string of the molecule is CSCC[C@H](N)C(=O)N1CCN(Cc2c(C)noc2C)CC1. The lowest BCUT2D eigenvalue weighted by Gasteiger charge is -2.35. The molecule has 0 aromatic carbocycles. The third kappa shape index (κ3) is 4.24. The van der Waals surface area contributed by atoms with Crippen molar-refractivity contribution in [2.45, 2.75) is 32.9 Å². The lowest BCUT2D eigenvalue weighted by atomic mass is 10.1. The molecule has 1 fully saturated rings. The van der Waals surface area contributed by atoms with E-state index in [4.69, 9.17) is 10.3 Å². The van der Waals surface area contributed by atoms with Crippen molar-refractivity contribution >= 4 is 17.7 Å². The average molecular weight is 326 g/mol. The van der Waals surface area contributed by atoms with Crippen LogP contribution in [-0.2, 0) is 11.3 Å². The Labute approximate surface area is 136 Å². The van der Waals surface area contributed by atoms with Gasteiger partial charge in [-0.1, -0.05) is 5.16 Å². The molecule has 1 saturated heterocycles. The summed E-state index contributed by atoms with van der Waals surface area (Å²) in [5, 5.41) is 3.99.